The number of benzene rings is 2. The molecule has 8 nitrogen and oxygen atoms in total. The summed E-state index contributed by atoms with van der Waals surface area (Å²) in [5.41, 5.74) is 4.24. The van der Waals surface area contributed by atoms with E-state index in [9.17, 15) is 4.79 Å². The third kappa shape index (κ3) is 3.95. The second-order valence-corrected chi connectivity index (χ2v) is 7.79. The van der Waals surface area contributed by atoms with Gasteiger partial charge in [-0.2, -0.15) is 10.1 Å². The van der Waals surface area contributed by atoms with Crippen LogP contribution in [0.1, 0.15) is 19.5 Å². The summed E-state index contributed by atoms with van der Waals surface area (Å²) in [7, 11) is 0. The van der Waals surface area contributed by atoms with Gasteiger partial charge in [0.15, 0.2) is 23.3 Å². The Bertz CT molecular complexity index is 1330. The predicted octanol–water partition coefficient (Wildman–Crippen LogP) is 4.56. The molecule has 8 heteroatoms. The molecule has 1 aliphatic rings. The van der Waals surface area contributed by atoms with E-state index in [1.807, 2.05) is 54.9 Å². The lowest BCUT2D eigenvalue weighted by Gasteiger charge is -2.16. The van der Waals surface area contributed by atoms with Gasteiger partial charge in [-0.15, -0.1) is 0 Å². The summed E-state index contributed by atoms with van der Waals surface area (Å²) in [6.45, 7) is 6.54. The number of carbonyl (C=O) groups is 1. The maximum atomic E-state index is 12.8. The molecule has 0 saturated heterocycles. The lowest BCUT2D eigenvalue weighted by molar-refractivity contribution is -0.122. The van der Waals surface area contributed by atoms with E-state index >= 15 is 0 Å². The van der Waals surface area contributed by atoms with Crippen LogP contribution in [-0.4, -0.2) is 33.6 Å². The Morgan fingerprint density at radius 2 is 1.94 bits per heavy atom. The summed E-state index contributed by atoms with van der Waals surface area (Å²) in [6.07, 6.45) is -0.775. The van der Waals surface area contributed by atoms with Crippen molar-refractivity contribution in [1.82, 2.24) is 14.8 Å². The second kappa shape index (κ2) is 8.46. The number of hydrogen-bond acceptors (Lipinski definition) is 6. The van der Waals surface area contributed by atoms with Gasteiger partial charge in [-0.3, -0.25) is 4.79 Å². The Morgan fingerprint density at radius 1 is 1.15 bits per heavy atom. The summed E-state index contributed by atoms with van der Waals surface area (Å²) in [6, 6.07) is 17.2. The minimum Gasteiger partial charge on any atom is -0.464 e. The zero-order chi connectivity index (χ0) is 22.9. The smallest absolute Gasteiger partial charge is 0.265 e. The average Bonchev–Trinajstić information content (AvgIpc) is 3.42. The first-order valence-corrected chi connectivity index (χ1v) is 10.8. The number of hydrogen-bond donors (Lipinski definition) is 1. The molecule has 2 aromatic heterocycles. The zero-order valence-corrected chi connectivity index (χ0v) is 18.7. The fraction of sp³-hybridized carbons (Fsp3) is 0.240. The molecule has 168 valence electrons. The first-order chi connectivity index (χ1) is 16.0. The maximum absolute atomic E-state index is 12.8. The molecule has 0 aliphatic carbocycles. The molecule has 1 aliphatic heterocycles. The van der Waals surface area contributed by atoms with Gasteiger partial charge in [-0.1, -0.05) is 30.3 Å². The number of rotatable bonds is 6. The quantitative estimate of drug-likeness (QED) is 0.469. The van der Waals surface area contributed by atoms with Crippen LogP contribution >= 0.6 is 0 Å². The van der Waals surface area contributed by atoms with E-state index in [-0.39, 0.29) is 12.7 Å². The summed E-state index contributed by atoms with van der Waals surface area (Å²) < 4.78 is 18.5. The van der Waals surface area contributed by atoms with Crippen LogP contribution in [-0.2, 0) is 11.3 Å². The molecule has 1 N–H and O–H groups in total. The van der Waals surface area contributed by atoms with Crippen LogP contribution in [0.4, 0.5) is 5.69 Å². The number of fused-ring (bicyclic) bond motifs is 2. The Hall–Kier alpha value is -4.07. The van der Waals surface area contributed by atoms with Crippen LogP contribution in [0.5, 0.6) is 17.4 Å². The van der Waals surface area contributed by atoms with Crippen molar-refractivity contribution in [2.24, 2.45) is 0 Å². The fourth-order valence-electron chi connectivity index (χ4n) is 3.91. The van der Waals surface area contributed by atoms with Gasteiger partial charge in [0.05, 0.1) is 11.1 Å². The number of nitrogens with one attached hydrogen (secondary N) is 1. The normalized spacial score (nSPS) is 13.2. The van der Waals surface area contributed by atoms with E-state index in [4.69, 9.17) is 19.2 Å². The van der Waals surface area contributed by atoms with Gasteiger partial charge in [0.25, 0.3) is 5.91 Å². The van der Waals surface area contributed by atoms with Gasteiger partial charge < -0.3 is 19.5 Å². The van der Waals surface area contributed by atoms with E-state index < -0.39 is 6.10 Å². The van der Waals surface area contributed by atoms with Crippen molar-refractivity contribution in [3.8, 4) is 28.5 Å². The monoisotopic (exact) mass is 444 g/mol. The number of aryl methyl sites for hydroxylation is 2. The third-order valence-corrected chi connectivity index (χ3v) is 5.55. The van der Waals surface area contributed by atoms with Crippen LogP contribution in [0.3, 0.4) is 0 Å². The van der Waals surface area contributed by atoms with Crippen molar-refractivity contribution in [1.29, 1.82) is 0 Å². The van der Waals surface area contributed by atoms with E-state index in [0.29, 0.717) is 29.6 Å². The van der Waals surface area contributed by atoms with E-state index in [0.717, 1.165) is 27.9 Å². The molecule has 0 fully saturated rings. The Balaban J connectivity index is 1.44. The van der Waals surface area contributed by atoms with Crippen molar-refractivity contribution >= 4 is 22.6 Å². The number of nitrogens with zero attached hydrogens (tertiary/aromatic N) is 3. The summed E-state index contributed by atoms with van der Waals surface area (Å²) in [5.74, 6) is 1.33. The highest BCUT2D eigenvalue weighted by molar-refractivity contribution is 5.96. The number of carbonyl (C=O) groups excluding carboxylic acids is 1. The number of aromatic nitrogens is 3. The zero-order valence-electron chi connectivity index (χ0n) is 18.7. The van der Waals surface area contributed by atoms with Gasteiger partial charge in [0.2, 0.25) is 12.7 Å². The minimum absolute atomic E-state index is 0.179. The van der Waals surface area contributed by atoms with Gasteiger partial charge in [0.1, 0.15) is 0 Å². The first kappa shape index (κ1) is 20.8. The summed E-state index contributed by atoms with van der Waals surface area (Å²) in [5, 5.41) is 8.47. The average molecular weight is 444 g/mol. The van der Waals surface area contributed by atoms with Crippen LogP contribution in [0.15, 0.2) is 54.6 Å². The summed E-state index contributed by atoms with van der Waals surface area (Å²) >= 11 is 0. The standard InChI is InChI=1S/C25H24N4O4/c1-4-29-24-23(15(2)28-29)19(17-8-6-5-7-9-17)13-22(27-24)33-16(3)25(30)26-18-10-11-20-21(12-18)32-14-31-20/h5-13,16H,4,14H2,1-3H3,(H,26,30)/t16-/m1/s1. The second-order valence-electron chi connectivity index (χ2n) is 7.79. The molecule has 0 unspecified atom stereocenters. The highest BCUT2D eigenvalue weighted by Crippen LogP contribution is 2.35. The molecule has 0 radical (unpaired) electrons. The molecule has 33 heavy (non-hydrogen) atoms. The van der Waals surface area contributed by atoms with Gasteiger partial charge in [0, 0.05) is 24.4 Å². The molecular formula is C25H24N4O4. The Labute approximate surface area is 191 Å². The molecule has 1 amide bonds. The van der Waals surface area contributed by atoms with Crippen LogP contribution in [0, 0.1) is 6.92 Å². The van der Waals surface area contributed by atoms with Crippen molar-refractivity contribution in [3.05, 3.63) is 60.3 Å². The molecule has 0 saturated carbocycles. The van der Waals surface area contributed by atoms with Crippen molar-refractivity contribution in [2.75, 3.05) is 12.1 Å². The number of ether oxygens (including phenoxy) is 3. The largest absolute Gasteiger partial charge is 0.464 e. The van der Waals surface area contributed by atoms with Crippen LogP contribution in [0.25, 0.3) is 22.2 Å². The lowest BCUT2D eigenvalue weighted by Crippen LogP contribution is -2.30. The highest BCUT2D eigenvalue weighted by atomic mass is 16.7. The van der Waals surface area contributed by atoms with Crippen LogP contribution in [0.2, 0.25) is 0 Å². The van der Waals surface area contributed by atoms with Crippen LogP contribution < -0.4 is 19.5 Å². The van der Waals surface area contributed by atoms with E-state index in [1.165, 1.54) is 0 Å². The predicted molar refractivity (Wildman–Crippen MR) is 125 cm³/mol. The molecule has 4 aromatic rings. The number of anilines is 1. The molecule has 0 bridgehead atoms. The maximum Gasteiger partial charge on any atom is 0.265 e. The topological polar surface area (TPSA) is 87.5 Å². The molecule has 2 aromatic carbocycles. The lowest BCUT2D eigenvalue weighted by atomic mass is 10.0. The molecule has 5 rings (SSSR count). The molecule has 3 heterocycles. The summed E-state index contributed by atoms with van der Waals surface area (Å²) in [4.78, 5) is 17.5. The Morgan fingerprint density at radius 3 is 2.73 bits per heavy atom. The fourth-order valence-corrected chi connectivity index (χ4v) is 3.91. The Kier molecular flexibility index (Phi) is 5.34. The van der Waals surface area contributed by atoms with E-state index in [2.05, 4.69) is 10.4 Å². The van der Waals surface area contributed by atoms with Crippen molar-refractivity contribution in [2.45, 2.75) is 33.4 Å². The van der Waals surface area contributed by atoms with Crippen molar-refractivity contribution < 1.29 is 19.0 Å². The highest BCUT2D eigenvalue weighted by Gasteiger charge is 2.21. The van der Waals surface area contributed by atoms with Gasteiger partial charge in [-0.05, 0) is 44.0 Å². The first-order valence-electron chi connectivity index (χ1n) is 10.8. The molecule has 1 atom stereocenters. The van der Waals surface area contributed by atoms with E-state index in [1.54, 1.807) is 25.1 Å². The third-order valence-electron chi connectivity index (χ3n) is 5.55. The molecular weight excluding hydrogens is 420 g/mol. The number of amides is 1. The minimum atomic E-state index is -0.775. The number of pyridine rings is 1. The van der Waals surface area contributed by atoms with Gasteiger partial charge >= 0.3 is 0 Å². The SMILES string of the molecule is CCn1nc(C)c2c(-c3ccccc3)cc(O[C@H](C)C(=O)Nc3ccc4c(c3)OCO4)nc21. The van der Waals surface area contributed by atoms with Crippen molar-refractivity contribution in [3.63, 3.8) is 0 Å². The van der Waals surface area contributed by atoms with Gasteiger partial charge in [-0.25, -0.2) is 4.68 Å². The molecule has 0 spiro atoms.